The zero-order chi connectivity index (χ0) is 18.0. The van der Waals surface area contributed by atoms with Gasteiger partial charge in [0.15, 0.2) is 0 Å². The number of hydrogen-bond donors (Lipinski definition) is 0. The Kier molecular flexibility index (Phi) is 5.82. The molecule has 0 atom stereocenters. The average Bonchev–Trinajstić information content (AvgIpc) is 3.39. The molecule has 1 aliphatic heterocycles. The van der Waals surface area contributed by atoms with Crippen LogP contribution in [0.4, 0.5) is 0 Å². The lowest BCUT2D eigenvalue weighted by molar-refractivity contribution is -0.131. The first-order chi connectivity index (χ1) is 11.9. The van der Waals surface area contributed by atoms with Gasteiger partial charge in [-0.1, -0.05) is 15.9 Å². The quantitative estimate of drug-likeness (QED) is 0.689. The zero-order valence-corrected chi connectivity index (χ0v) is 16.8. The van der Waals surface area contributed by atoms with E-state index in [1.54, 1.807) is 24.3 Å². The van der Waals surface area contributed by atoms with Crippen molar-refractivity contribution in [2.45, 2.75) is 17.7 Å². The molecule has 0 bridgehead atoms. The first-order valence-electron chi connectivity index (χ1n) is 8.58. The molecule has 1 aromatic carbocycles. The molecule has 0 unspecified atom stereocenters. The maximum atomic E-state index is 12.7. The van der Waals surface area contributed by atoms with Crippen molar-refractivity contribution in [2.75, 3.05) is 46.3 Å². The molecule has 0 aromatic heterocycles. The van der Waals surface area contributed by atoms with Crippen LogP contribution in [-0.2, 0) is 14.8 Å². The minimum atomic E-state index is -3.46. The first kappa shape index (κ1) is 18.8. The molecule has 138 valence electrons. The van der Waals surface area contributed by atoms with Gasteiger partial charge in [0.25, 0.3) is 0 Å². The van der Waals surface area contributed by atoms with E-state index in [2.05, 4.69) is 15.9 Å². The van der Waals surface area contributed by atoms with Crippen LogP contribution in [0, 0.1) is 5.92 Å². The predicted molar refractivity (Wildman–Crippen MR) is 99.7 cm³/mol. The minimum absolute atomic E-state index is 0.121. The van der Waals surface area contributed by atoms with Crippen LogP contribution < -0.4 is 0 Å². The lowest BCUT2D eigenvalue weighted by Crippen LogP contribution is -2.51. The maximum absolute atomic E-state index is 12.7. The minimum Gasteiger partial charge on any atom is -0.344 e. The molecule has 25 heavy (non-hydrogen) atoms. The Morgan fingerprint density at radius 2 is 1.76 bits per heavy atom. The molecule has 8 heteroatoms. The number of hydrogen-bond acceptors (Lipinski definition) is 4. The smallest absolute Gasteiger partial charge is 0.243 e. The number of likely N-dealkylation sites (N-methyl/N-ethyl adjacent to an activating group) is 1. The monoisotopic (exact) mass is 429 g/mol. The van der Waals surface area contributed by atoms with Gasteiger partial charge < -0.3 is 4.90 Å². The van der Waals surface area contributed by atoms with E-state index in [9.17, 15) is 13.2 Å². The third-order valence-electron chi connectivity index (χ3n) is 4.80. The van der Waals surface area contributed by atoms with Gasteiger partial charge in [0.2, 0.25) is 15.9 Å². The number of amides is 1. The Bertz CT molecular complexity index is 711. The molecule has 1 heterocycles. The SMILES string of the molecule is CN(CC1CC1)C(=O)CN1CCN(S(=O)(=O)c2ccc(Br)cc2)CC1. The van der Waals surface area contributed by atoms with Crippen LogP contribution in [0.5, 0.6) is 0 Å². The van der Waals surface area contributed by atoms with Crippen LogP contribution in [0.25, 0.3) is 0 Å². The van der Waals surface area contributed by atoms with Crippen molar-refractivity contribution in [2.24, 2.45) is 5.92 Å². The van der Waals surface area contributed by atoms with E-state index in [0.29, 0.717) is 43.5 Å². The summed E-state index contributed by atoms with van der Waals surface area (Å²) < 4.78 is 27.7. The molecule has 1 aliphatic carbocycles. The van der Waals surface area contributed by atoms with Crippen molar-refractivity contribution in [1.29, 1.82) is 0 Å². The molecule has 6 nitrogen and oxygen atoms in total. The Hall–Kier alpha value is -0.960. The van der Waals surface area contributed by atoms with Gasteiger partial charge in [-0.3, -0.25) is 9.69 Å². The van der Waals surface area contributed by atoms with Crippen molar-refractivity contribution in [1.82, 2.24) is 14.1 Å². The summed E-state index contributed by atoms with van der Waals surface area (Å²) in [5.41, 5.74) is 0. The lowest BCUT2D eigenvalue weighted by Gasteiger charge is -2.34. The van der Waals surface area contributed by atoms with Crippen molar-refractivity contribution in [3.63, 3.8) is 0 Å². The summed E-state index contributed by atoms with van der Waals surface area (Å²) in [7, 11) is -1.61. The predicted octanol–water partition coefficient (Wildman–Crippen LogP) is 1.62. The Morgan fingerprint density at radius 3 is 2.32 bits per heavy atom. The number of carbonyl (C=O) groups excluding carboxylic acids is 1. The molecule has 0 spiro atoms. The fourth-order valence-corrected chi connectivity index (χ4v) is 4.67. The Morgan fingerprint density at radius 1 is 1.16 bits per heavy atom. The number of sulfonamides is 1. The van der Waals surface area contributed by atoms with Crippen molar-refractivity contribution in [3.05, 3.63) is 28.7 Å². The van der Waals surface area contributed by atoms with Crippen LogP contribution in [0.15, 0.2) is 33.6 Å². The topological polar surface area (TPSA) is 60.9 Å². The second-order valence-electron chi connectivity index (χ2n) is 6.85. The van der Waals surface area contributed by atoms with Gasteiger partial charge in [0, 0.05) is 44.2 Å². The molecule has 1 aromatic rings. The molecule has 3 rings (SSSR count). The third-order valence-corrected chi connectivity index (χ3v) is 7.24. The summed E-state index contributed by atoms with van der Waals surface area (Å²) >= 11 is 3.32. The summed E-state index contributed by atoms with van der Waals surface area (Å²) in [6, 6.07) is 6.69. The molecule has 1 saturated heterocycles. The fraction of sp³-hybridized carbons (Fsp3) is 0.588. The molecular weight excluding hydrogens is 406 g/mol. The van der Waals surface area contributed by atoms with Gasteiger partial charge in [-0.2, -0.15) is 4.31 Å². The highest BCUT2D eigenvalue weighted by atomic mass is 79.9. The highest BCUT2D eigenvalue weighted by Gasteiger charge is 2.30. The van der Waals surface area contributed by atoms with E-state index in [0.717, 1.165) is 11.0 Å². The normalized spacial score (nSPS) is 19.8. The highest BCUT2D eigenvalue weighted by Crippen LogP contribution is 2.29. The Labute approximate surface area is 158 Å². The molecule has 2 fully saturated rings. The largest absolute Gasteiger partial charge is 0.344 e. The number of nitrogens with zero attached hydrogens (tertiary/aromatic N) is 3. The van der Waals surface area contributed by atoms with Crippen molar-refractivity contribution < 1.29 is 13.2 Å². The summed E-state index contributed by atoms with van der Waals surface area (Å²) in [5, 5.41) is 0. The van der Waals surface area contributed by atoms with Gasteiger partial charge in [-0.15, -0.1) is 0 Å². The van der Waals surface area contributed by atoms with Crippen LogP contribution in [0.1, 0.15) is 12.8 Å². The van der Waals surface area contributed by atoms with Gasteiger partial charge in [0.05, 0.1) is 11.4 Å². The number of piperazine rings is 1. The first-order valence-corrected chi connectivity index (χ1v) is 10.8. The molecule has 1 saturated carbocycles. The molecule has 1 amide bonds. The average molecular weight is 430 g/mol. The van der Waals surface area contributed by atoms with Crippen LogP contribution in [-0.4, -0.2) is 74.7 Å². The standard InChI is InChI=1S/C17H24BrN3O3S/c1-19(12-14-2-3-14)17(22)13-20-8-10-21(11-9-20)25(23,24)16-6-4-15(18)5-7-16/h4-7,14H,2-3,8-13H2,1H3. The van der Waals surface area contributed by atoms with Gasteiger partial charge in [-0.05, 0) is 43.0 Å². The van der Waals surface area contributed by atoms with E-state index in [-0.39, 0.29) is 5.91 Å². The lowest BCUT2D eigenvalue weighted by atomic mass is 10.3. The van der Waals surface area contributed by atoms with E-state index in [4.69, 9.17) is 0 Å². The number of benzene rings is 1. The van der Waals surface area contributed by atoms with E-state index in [1.165, 1.54) is 17.1 Å². The summed E-state index contributed by atoms with van der Waals surface area (Å²) in [6.45, 7) is 3.21. The molecular formula is C17H24BrN3O3S. The van der Waals surface area contributed by atoms with Crippen molar-refractivity contribution in [3.8, 4) is 0 Å². The molecule has 0 radical (unpaired) electrons. The van der Waals surface area contributed by atoms with E-state index >= 15 is 0 Å². The summed E-state index contributed by atoms with van der Waals surface area (Å²) in [4.78, 5) is 16.4. The Balaban J connectivity index is 1.52. The van der Waals surface area contributed by atoms with Gasteiger partial charge >= 0.3 is 0 Å². The third kappa shape index (κ3) is 4.81. The highest BCUT2D eigenvalue weighted by molar-refractivity contribution is 9.10. The second-order valence-corrected chi connectivity index (χ2v) is 9.71. The summed E-state index contributed by atoms with van der Waals surface area (Å²) in [6.07, 6.45) is 2.45. The number of carbonyl (C=O) groups is 1. The summed E-state index contributed by atoms with van der Waals surface area (Å²) in [5.74, 6) is 0.804. The molecule has 2 aliphatic rings. The zero-order valence-electron chi connectivity index (χ0n) is 14.4. The maximum Gasteiger partial charge on any atom is 0.243 e. The second kappa shape index (κ2) is 7.73. The fourth-order valence-electron chi connectivity index (χ4n) is 2.99. The van der Waals surface area contributed by atoms with E-state index < -0.39 is 10.0 Å². The van der Waals surface area contributed by atoms with Gasteiger partial charge in [0.1, 0.15) is 0 Å². The number of rotatable bonds is 6. The van der Waals surface area contributed by atoms with Gasteiger partial charge in [-0.25, -0.2) is 8.42 Å². The van der Waals surface area contributed by atoms with Crippen LogP contribution >= 0.6 is 15.9 Å². The van der Waals surface area contributed by atoms with Crippen LogP contribution in [0.3, 0.4) is 0 Å². The van der Waals surface area contributed by atoms with Crippen molar-refractivity contribution >= 4 is 31.9 Å². The molecule has 0 N–H and O–H groups in total. The number of halogens is 1. The van der Waals surface area contributed by atoms with E-state index in [1.807, 2.05) is 16.8 Å². The van der Waals surface area contributed by atoms with Crippen LogP contribution in [0.2, 0.25) is 0 Å².